The standard InChI is InChI=1S/C10H16Cl2NO/c1-10(2)6-9(13(3)4)14-7(10)5-8(11)12/h5,7H,6H2,1-4H3/q+1. The third kappa shape index (κ3) is 2.64. The van der Waals surface area contributed by atoms with Gasteiger partial charge in [-0.3, -0.25) is 0 Å². The zero-order valence-electron chi connectivity index (χ0n) is 8.97. The second-order valence-electron chi connectivity index (χ2n) is 4.45. The summed E-state index contributed by atoms with van der Waals surface area (Å²) in [6.45, 7) is 4.28. The highest BCUT2D eigenvalue weighted by atomic mass is 35.5. The quantitative estimate of drug-likeness (QED) is 0.639. The molecule has 0 saturated carbocycles. The highest BCUT2D eigenvalue weighted by molar-refractivity contribution is 6.55. The first-order valence-corrected chi connectivity index (χ1v) is 5.31. The maximum Gasteiger partial charge on any atom is 0.337 e. The zero-order valence-corrected chi connectivity index (χ0v) is 10.5. The number of hydrogen-bond donors (Lipinski definition) is 0. The molecule has 1 aliphatic heterocycles. The Balaban J connectivity index is 2.91. The molecular weight excluding hydrogens is 221 g/mol. The molecule has 1 atom stereocenters. The van der Waals surface area contributed by atoms with Gasteiger partial charge in [0, 0.05) is 5.41 Å². The van der Waals surface area contributed by atoms with Gasteiger partial charge < -0.3 is 4.74 Å². The van der Waals surface area contributed by atoms with Crippen molar-refractivity contribution in [1.29, 1.82) is 0 Å². The normalized spacial score (nSPS) is 24.4. The topological polar surface area (TPSA) is 12.2 Å². The maximum atomic E-state index is 5.75. The molecule has 4 heteroatoms. The van der Waals surface area contributed by atoms with E-state index in [1.165, 1.54) is 0 Å². The van der Waals surface area contributed by atoms with Crippen LogP contribution in [0.15, 0.2) is 10.6 Å². The molecule has 1 fully saturated rings. The average Bonchev–Trinajstić information content (AvgIpc) is 2.26. The third-order valence-electron chi connectivity index (χ3n) is 2.42. The van der Waals surface area contributed by atoms with Crippen LogP contribution >= 0.6 is 23.2 Å². The van der Waals surface area contributed by atoms with Gasteiger partial charge in [-0.25, -0.2) is 4.58 Å². The van der Waals surface area contributed by atoms with E-state index in [1.807, 2.05) is 18.7 Å². The van der Waals surface area contributed by atoms with Crippen molar-refractivity contribution in [3.63, 3.8) is 0 Å². The van der Waals surface area contributed by atoms with Gasteiger partial charge in [-0.15, -0.1) is 0 Å². The van der Waals surface area contributed by atoms with E-state index in [1.54, 1.807) is 6.08 Å². The van der Waals surface area contributed by atoms with Crippen molar-refractivity contribution in [2.45, 2.75) is 26.4 Å². The van der Waals surface area contributed by atoms with Gasteiger partial charge in [0.2, 0.25) is 0 Å². The third-order valence-corrected chi connectivity index (χ3v) is 2.67. The van der Waals surface area contributed by atoms with Crippen LogP contribution < -0.4 is 0 Å². The second kappa shape index (κ2) is 4.11. The summed E-state index contributed by atoms with van der Waals surface area (Å²) in [5.41, 5.74) is 0.0502. The number of rotatable bonds is 1. The summed E-state index contributed by atoms with van der Waals surface area (Å²) in [4.78, 5) is 0. The minimum absolute atomic E-state index is 0.0371. The van der Waals surface area contributed by atoms with Gasteiger partial charge >= 0.3 is 5.90 Å². The van der Waals surface area contributed by atoms with Crippen LogP contribution in [0.25, 0.3) is 0 Å². The Kier molecular flexibility index (Phi) is 3.49. The van der Waals surface area contributed by atoms with Gasteiger partial charge in [0.1, 0.15) is 24.7 Å². The smallest absolute Gasteiger partial charge is 0.337 e. The van der Waals surface area contributed by atoms with Crippen molar-refractivity contribution in [2.75, 3.05) is 14.1 Å². The molecule has 1 saturated heterocycles. The highest BCUT2D eigenvalue weighted by Crippen LogP contribution is 2.36. The van der Waals surface area contributed by atoms with Crippen molar-refractivity contribution >= 4 is 29.1 Å². The van der Waals surface area contributed by atoms with Crippen LogP contribution in [0.3, 0.4) is 0 Å². The first-order valence-electron chi connectivity index (χ1n) is 4.55. The van der Waals surface area contributed by atoms with Crippen LogP contribution in [-0.4, -0.2) is 30.7 Å². The van der Waals surface area contributed by atoms with E-state index in [-0.39, 0.29) is 16.0 Å². The minimum Gasteiger partial charge on any atom is -0.440 e. The molecular formula is C10H16Cl2NO+. The fraction of sp³-hybridized carbons (Fsp3) is 0.700. The molecule has 14 heavy (non-hydrogen) atoms. The molecule has 1 unspecified atom stereocenters. The van der Waals surface area contributed by atoms with Crippen LogP contribution in [-0.2, 0) is 4.74 Å². The van der Waals surface area contributed by atoms with Crippen LogP contribution in [0, 0.1) is 5.41 Å². The Morgan fingerprint density at radius 2 is 2.07 bits per heavy atom. The molecule has 2 nitrogen and oxygen atoms in total. The van der Waals surface area contributed by atoms with E-state index >= 15 is 0 Å². The molecule has 0 aromatic heterocycles. The summed E-state index contributed by atoms with van der Waals surface area (Å²) in [7, 11) is 3.94. The Hall–Kier alpha value is -0.210. The van der Waals surface area contributed by atoms with Crippen molar-refractivity contribution in [2.24, 2.45) is 5.41 Å². The summed E-state index contributed by atoms with van der Waals surface area (Å²) < 4.78 is 8.00. The first kappa shape index (κ1) is 11.9. The van der Waals surface area contributed by atoms with Gasteiger partial charge in [0.15, 0.2) is 0 Å². The van der Waals surface area contributed by atoms with Gasteiger partial charge in [-0.1, -0.05) is 37.0 Å². The van der Waals surface area contributed by atoms with E-state index in [0.717, 1.165) is 12.3 Å². The zero-order chi connectivity index (χ0) is 10.9. The summed E-state index contributed by atoms with van der Waals surface area (Å²) in [5.74, 6) is 0.978. The lowest BCUT2D eigenvalue weighted by Gasteiger charge is -2.19. The van der Waals surface area contributed by atoms with Crippen LogP contribution in [0.1, 0.15) is 20.3 Å². The van der Waals surface area contributed by atoms with Crippen molar-refractivity contribution in [1.82, 2.24) is 0 Å². The second-order valence-corrected chi connectivity index (χ2v) is 5.46. The van der Waals surface area contributed by atoms with Crippen molar-refractivity contribution in [3.05, 3.63) is 10.6 Å². The van der Waals surface area contributed by atoms with Gasteiger partial charge in [0.25, 0.3) is 0 Å². The van der Waals surface area contributed by atoms with E-state index in [4.69, 9.17) is 27.9 Å². The molecule has 1 heterocycles. The maximum absolute atomic E-state index is 5.75. The lowest BCUT2D eigenvalue weighted by atomic mass is 9.85. The molecule has 1 aliphatic rings. The molecule has 1 rings (SSSR count). The number of nitrogens with zero attached hydrogens (tertiary/aromatic N) is 1. The van der Waals surface area contributed by atoms with E-state index in [9.17, 15) is 0 Å². The predicted molar refractivity (Wildman–Crippen MR) is 60.2 cm³/mol. The van der Waals surface area contributed by atoms with Gasteiger partial charge in [-0.05, 0) is 6.08 Å². The molecule has 0 aromatic rings. The Bertz CT molecular complexity index is 286. The molecule has 0 N–H and O–H groups in total. The predicted octanol–water partition coefficient (Wildman–Crippen LogP) is 2.79. The Morgan fingerprint density at radius 3 is 2.43 bits per heavy atom. The molecule has 0 aliphatic carbocycles. The molecule has 0 radical (unpaired) electrons. The largest absolute Gasteiger partial charge is 0.440 e. The van der Waals surface area contributed by atoms with Crippen LogP contribution in [0.5, 0.6) is 0 Å². The van der Waals surface area contributed by atoms with Crippen molar-refractivity contribution < 1.29 is 9.31 Å². The first-order chi connectivity index (χ1) is 6.33. The molecule has 80 valence electrons. The molecule has 0 aromatic carbocycles. The molecule has 0 bridgehead atoms. The fourth-order valence-corrected chi connectivity index (χ4v) is 1.70. The molecule has 0 spiro atoms. The molecule has 0 amide bonds. The van der Waals surface area contributed by atoms with E-state index in [0.29, 0.717) is 0 Å². The Labute approximate surface area is 95.2 Å². The van der Waals surface area contributed by atoms with Crippen LogP contribution in [0.4, 0.5) is 0 Å². The van der Waals surface area contributed by atoms with Gasteiger partial charge in [0.05, 0.1) is 6.42 Å². The number of ether oxygens (including phenoxy) is 1. The number of hydrogen-bond acceptors (Lipinski definition) is 1. The summed E-state index contributed by atoms with van der Waals surface area (Å²) in [6, 6.07) is 0. The highest BCUT2D eigenvalue weighted by Gasteiger charge is 2.42. The summed E-state index contributed by atoms with van der Waals surface area (Å²) in [6.07, 6.45) is 2.62. The minimum atomic E-state index is -0.0371. The monoisotopic (exact) mass is 236 g/mol. The Morgan fingerprint density at radius 1 is 1.50 bits per heavy atom. The summed E-state index contributed by atoms with van der Waals surface area (Å²) in [5, 5.41) is 0. The van der Waals surface area contributed by atoms with Crippen LogP contribution in [0.2, 0.25) is 0 Å². The number of halogens is 2. The lowest BCUT2D eigenvalue weighted by molar-refractivity contribution is -0.474. The fourth-order valence-electron chi connectivity index (χ4n) is 1.48. The van der Waals surface area contributed by atoms with Crippen molar-refractivity contribution in [3.8, 4) is 0 Å². The average molecular weight is 237 g/mol. The van der Waals surface area contributed by atoms with E-state index < -0.39 is 0 Å². The SMILES string of the molecule is C[N+](C)=C1CC(C)(C)C(C=C(Cl)Cl)O1. The summed E-state index contributed by atoms with van der Waals surface area (Å²) >= 11 is 11.3. The van der Waals surface area contributed by atoms with Gasteiger partial charge in [-0.2, -0.15) is 0 Å². The van der Waals surface area contributed by atoms with E-state index in [2.05, 4.69) is 13.8 Å². The lowest BCUT2D eigenvalue weighted by Crippen LogP contribution is -2.21.